The van der Waals surface area contributed by atoms with Crippen LogP contribution < -0.4 is 10.1 Å². The van der Waals surface area contributed by atoms with Crippen LogP contribution in [0.3, 0.4) is 0 Å². The molecule has 104 valence electrons. The van der Waals surface area contributed by atoms with E-state index in [1.54, 1.807) is 13.3 Å². The van der Waals surface area contributed by atoms with Crippen molar-refractivity contribution in [1.82, 2.24) is 9.88 Å². The standard InChI is InChI=1S/C15H23N3O/c1-18-13-4-3-5-14(18)9-12(8-13)17-11-6-7-16-15(10-11)19-2/h6-7,10,12-14H,3-5,8-9H2,1-2H3,(H,16,17). The van der Waals surface area contributed by atoms with E-state index in [0.717, 1.165) is 17.8 Å². The van der Waals surface area contributed by atoms with Crippen molar-refractivity contribution in [3.63, 3.8) is 0 Å². The Balaban J connectivity index is 1.67. The highest BCUT2D eigenvalue weighted by Crippen LogP contribution is 2.34. The number of rotatable bonds is 3. The van der Waals surface area contributed by atoms with Crippen LogP contribution in [0, 0.1) is 0 Å². The molecule has 0 aliphatic carbocycles. The maximum Gasteiger partial charge on any atom is 0.214 e. The third-order valence-corrected chi connectivity index (χ3v) is 4.65. The summed E-state index contributed by atoms with van der Waals surface area (Å²) in [5.41, 5.74) is 1.12. The quantitative estimate of drug-likeness (QED) is 0.907. The summed E-state index contributed by atoms with van der Waals surface area (Å²) in [7, 11) is 3.95. The molecule has 19 heavy (non-hydrogen) atoms. The molecule has 2 aliphatic rings. The number of methoxy groups -OCH3 is 1. The fourth-order valence-corrected chi connectivity index (χ4v) is 3.58. The fourth-order valence-electron chi connectivity index (χ4n) is 3.58. The molecule has 1 aromatic rings. The lowest BCUT2D eigenvalue weighted by molar-refractivity contribution is 0.0608. The predicted octanol–water partition coefficient (Wildman–Crippen LogP) is 2.52. The molecule has 0 saturated carbocycles. The van der Waals surface area contributed by atoms with Crippen LogP contribution in [-0.4, -0.2) is 42.2 Å². The van der Waals surface area contributed by atoms with Gasteiger partial charge in [0.2, 0.25) is 5.88 Å². The van der Waals surface area contributed by atoms with Crippen molar-refractivity contribution in [3.8, 4) is 5.88 Å². The van der Waals surface area contributed by atoms with Crippen LogP contribution in [-0.2, 0) is 0 Å². The molecule has 0 aromatic carbocycles. The largest absolute Gasteiger partial charge is 0.481 e. The lowest BCUT2D eigenvalue weighted by Gasteiger charge is -2.47. The number of fused-ring (bicyclic) bond motifs is 2. The zero-order valence-electron chi connectivity index (χ0n) is 11.8. The van der Waals surface area contributed by atoms with Crippen molar-refractivity contribution in [2.75, 3.05) is 19.5 Å². The molecular formula is C15H23N3O. The SMILES string of the molecule is COc1cc(NC2CC3CCCC(C2)N3C)ccn1. The third-order valence-electron chi connectivity index (χ3n) is 4.65. The Kier molecular flexibility index (Phi) is 3.60. The summed E-state index contributed by atoms with van der Waals surface area (Å²) < 4.78 is 5.18. The van der Waals surface area contributed by atoms with Gasteiger partial charge in [0.05, 0.1) is 7.11 Å². The van der Waals surface area contributed by atoms with Crippen LogP contribution in [0.4, 0.5) is 5.69 Å². The molecule has 0 amide bonds. The molecule has 0 radical (unpaired) electrons. The number of nitrogens with zero attached hydrogens (tertiary/aromatic N) is 2. The summed E-state index contributed by atoms with van der Waals surface area (Å²) in [6.07, 6.45) is 8.40. The highest BCUT2D eigenvalue weighted by Gasteiger charge is 2.35. The van der Waals surface area contributed by atoms with E-state index in [-0.39, 0.29) is 0 Å². The van der Waals surface area contributed by atoms with Crippen LogP contribution in [0.1, 0.15) is 32.1 Å². The van der Waals surface area contributed by atoms with Crippen molar-refractivity contribution in [2.45, 2.75) is 50.2 Å². The molecule has 2 atom stereocenters. The van der Waals surface area contributed by atoms with Gasteiger partial charge < -0.3 is 15.0 Å². The topological polar surface area (TPSA) is 37.4 Å². The summed E-state index contributed by atoms with van der Waals surface area (Å²) in [6.45, 7) is 0. The van der Waals surface area contributed by atoms with Gasteiger partial charge in [-0.1, -0.05) is 6.42 Å². The van der Waals surface area contributed by atoms with Gasteiger partial charge in [0.25, 0.3) is 0 Å². The summed E-state index contributed by atoms with van der Waals surface area (Å²) in [5, 5.41) is 3.66. The first kappa shape index (κ1) is 12.7. The van der Waals surface area contributed by atoms with Gasteiger partial charge >= 0.3 is 0 Å². The second-order valence-corrected chi connectivity index (χ2v) is 5.80. The first-order valence-electron chi connectivity index (χ1n) is 7.25. The first-order chi connectivity index (χ1) is 9.26. The zero-order valence-corrected chi connectivity index (χ0v) is 11.8. The molecule has 2 bridgehead atoms. The van der Waals surface area contributed by atoms with Crippen molar-refractivity contribution < 1.29 is 4.74 Å². The van der Waals surface area contributed by atoms with E-state index >= 15 is 0 Å². The van der Waals surface area contributed by atoms with E-state index in [4.69, 9.17) is 4.74 Å². The van der Waals surface area contributed by atoms with E-state index in [1.807, 2.05) is 12.1 Å². The summed E-state index contributed by atoms with van der Waals surface area (Å²) >= 11 is 0. The molecule has 4 heteroatoms. The van der Waals surface area contributed by atoms with E-state index in [2.05, 4.69) is 22.2 Å². The Morgan fingerprint density at radius 2 is 2.05 bits per heavy atom. The molecule has 1 aromatic heterocycles. The van der Waals surface area contributed by atoms with Crippen LogP contribution >= 0.6 is 0 Å². The molecule has 1 N–H and O–H groups in total. The van der Waals surface area contributed by atoms with Gasteiger partial charge in [-0.3, -0.25) is 0 Å². The first-order valence-corrected chi connectivity index (χ1v) is 7.25. The average Bonchev–Trinajstić information content (AvgIpc) is 2.40. The minimum absolute atomic E-state index is 0.582. The monoisotopic (exact) mass is 261 g/mol. The van der Waals surface area contributed by atoms with Gasteiger partial charge in [0.15, 0.2) is 0 Å². The van der Waals surface area contributed by atoms with Crippen molar-refractivity contribution in [2.24, 2.45) is 0 Å². The van der Waals surface area contributed by atoms with Gasteiger partial charge in [-0.05, 0) is 38.8 Å². The van der Waals surface area contributed by atoms with Crippen molar-refractivity contribution in [1.29, 1.82) is 0 Å². The fraction of sp³-hybridized carbons (Fsp3) is 0.667. The van der Waals surface area contributed by atoms with Gasteiger partial charge in [-0.2, -0.15) is 0 Å². The second kappa shape index (κ2) is 5.37. The molecule has 2 fully saturated rings. The third kappa shape index (κ3) is 2.68. The van der Waals surface area contributed by atoms with Crippen LogP contribution in [0.5, 0.6) is 5.88 Å². The molecule has 3 rings (SSSR count). The Labute approximate surface area is 115 Å². The van der Waals surface area contributed by atoms with Gasteiger partial charge in [-0.25, -0.2) is 4.98 Å². The van der Waals surface area contributed by atoms with Crippen LogP contribution in [0.25, 0.3) is 0 Å². The summed E-state index contributed by atoms with van der Waals surface area (Å²) in [5.74, 6) is 0.679. The number of piperidine rings is 2. The lowest BCUT2D eigenvalue weighted by Crippen LogP contribution is -2.52. The van der Waals surface area contributed by atoms with E-state index in [0.29, 0.717) is 11.9 Å². The Hall–Kier alpha value is -1.29. The highest BCUT2D eigenvalue weighted by molar-refractivity contribution is 5.46. The minimum Gasteiger partial charge on any atom is -0.481 e. The summed E-state index contributed by atoms with van der Waals surface area (Å²) in [6, 6.07) is 6.10. The van der Waals surface area contributed by atoms with E-state index < -0.39 is 0 Å². The second-order valence-electron chi connectivity index (χ2n) is 5.80. The predicted molar refractivity (Wildman–Crippen MR) is 76.6 cm³/mol. The van der Waals surface area contributed by atoms with Gasteiger partial charge in [-0.15, -0.1) is 0 Å². The van der Waals surface area contributed by atoms with Crippen molar-refractivity contribution in [3.05, 3.63) is 18.3 Å². The zero-order chi connectivity index (χ0) is 13.2. The Bertz CT molecular complexity index is 423. The van der Waals surface area contributed by atoms with Crippen LogP contribution in [0.2, 0.25) is 0 Å². The molecule has 2 unspecified atom stereocenters. The molecule has 4 nitrogen and oxygen atoms in total. The number of hydrogen-bond donors (Lipinski definition) is 1. The number of nitrogens with one attached hydrogen (secondary N) is 1. The number of aromatic nitrogens is 1. The molecule has 0 spiro atoms. The van der Waals surface area contributed by atoms with Crippen molar-refractivity contribution >= 4 is 5.69 Å². The summed E-state index contributed by atoms with van der Waals surface area (Å²) in [4.78, 5) is 6.74. The number of anilines is 1. The maximum atomic E-state index is 5.18. The molecule has 3 heterocycles. The molecular weight excluding hydrogens is 238 g/mol. The van der Waals surface area contributed by atoms with Gasteiger partial charge in [0.1, 0.15) is 0 Å². The Morgan fingerprint density at radius 1 is 1.32 bits per heavy atom. The smallest absolute Gasteiger partial charge is 0.214 e. The van der Waals surface area contributed by atoms with E-state index in [9.17, 15) is 0 Å². The number of ether oxygens (including phenoxy) is 1. The average molecular weight is 261 g/mol. The molecule has 2 saturated heterocycles. The Morgan fingerprint density at radius 3 is 2.74 bits per heavy atom. The number of pyridine rings is 1. The maximum absolute atomic E-state index is 5.18. The van der Waals surface area contributed by atoms with E-state index in [1.165, 1.54) is 32.1 Å². The molecule has 2 aliphatic heterocycles. The normalized spacial score (nSPS) is 30.9. The van der Waals surface area contributed by atoms with Crippen LogP contribution in [0.15, 0.2) is 18.3 Å². The number of hydrogen-bond acceptors (Lipinski definition) is 4. The highest BCUT2D eigenvalue weighted by atomic mass is 16.5. The lowest BCUT2D eigenvalue weighted by atomic mass is 9.82. The minimum atomic E-state index is 0.582. The van der Waals surface area contributed by atoms with Gasteiger partial charge in [0, 0.05) is 36.1 Å².